The van der Waals surface area contributed by atoms with Crippen molar-refractivity contribution in [1.82, 2.24) is 15.1 Å². The zero-order valence-electron chi connectivity index (χ0n) is 18.5. The van der Waals surface area contributed by atoms with Crippen molar-refractivity contribution in [2.24, 2.45) is 4.99 Å². The van der Waals surface area contributed by atoms with Gasteiger partial charge in [-0.3, -0.25) is 19.7 Å². The Morgan fingerprint density at radius 3 is 2.76 bits per heavy atom. The summed E-state index contributed by atoms with van der Waals surface area (Å²) in [5, 5.41) is 12.4. The fourth-order valence-electron chi connectivity index (χ4n) is 4.68. The number of unbranched alkanes of at least 4 members (excludes halogenated alkanes) is 1. The zero-order valence-corrected chi connectivity index (χ0v) is 19.3. The second kappa shape index (κ2) is 10.4. The van der Waals surface area contributed by atoms with E-state index in [-0.39, 0.29) is 30.9 Å². The van der Waals surface area contributed by atoms with Gasteiger partial charge in [0, 0.05) is 18.0 Å². The van der Waals surface area contributed by atoms with Gasteiger partial charge in [-0.15, -0.1) is 0 Å². The number of nitrogens with zero attached hydrogens (tertiary/aromatic N) is 3. The number of benzene rings is 1. The summed E-state index contributed by atoms with van der Waals surface area (Å²) < 4.78 is 5.98. The van der Waals surface area contributed by atoms with Crippen molar-refractivity contribution in [2.45, 2.75) is 64.0 Å². The minimum Gasteiger partial charge on any atom is -0.493 e. The van der Waals surface area contributed by atoms with Crippen LogP contribution in [-0.2, 0) is 20.9 Å². The van der Waals surface area contributed by atoms with Crippen LogP contribution in [0.4, 0.5) is 5.69 Å². The second-order valence-electron chi connectivity index (χ2n) is 8.73. The summed E-state index contributed by atoms with van der Waals surface area (Å²) in [5.41, 5.74) is 1.44. The lowest BCUT2D eigenvalue weighted by Crippen LogP contribution is -2.44. The van der Waals surface area contributed by atoms with E-state index >= 15 is 0 Å². The van der Waals surface area contributed by atoms with E-state index in [0.29, 0.717) is 54.8 Å². The Morgan fingerprint density at radius 2 is 2.00 bits per heavy atom. The zero-order chi connectivity index (χ0) is 23.4. The maximum Gasteiger partial charge on any atom is 0.323 e. The minimum atomic E-state index is -0.967. The number of guanidine groups is 1. The Balaban J connectivity index is 1.29. The van der Waals surface area contributed by atoms with Gasteiger partial charge in [0.15, 0.2) is 0 Å². The lowest BCUT2D eigenvalue weighted by Gasteiger charge is -2.33. The molecule has 4 rings (SSSR count). The molecule has 33 heavy (non-hydrogen) atoms. The number of amides is 2. The number of halogens is 1. The van der Waals surface area contributed by atoms with Gasteiger partial charge in [-0.2, -0.15) is 0 Å². The Bertz CT molecular complexity index is 960. The predicted molar refractivity (Wildman–Crippen MR) is 123 cm³/mol. The number of ether oxygens (including phenoxy) is 1. The fraction of sp³-hybridized carbons (Fsp3) is 0.565. The van der Waals surface area contributed by atoms with Gasteiger partial charge in [0.2, 0.25) is 17.8 Å². The van der Waals surface area contributed by atoms with E-state index in [4.69, 9.17) is 16.3 Å². The van der Waals surface area contributed by atoms with Crippen molar-refractivity contribution in [1.29, 1.82) is 0 Å². The monoisotopic (exact) mass is 476 g/mol. The number of aliphatic imine (C=N–C) groups is 1. The average molecular weight is 477 g/mol. The molecule has 2 amide bonds. The van der Waals surface area contributed by atoms with Crippen LogP contribution in [0.5, 0.6) is 5.75 Å². The number of carboxylic acids is 1. The third kappa shape index (κ3) is 5.58. The van der Waals surface area contributed by atoms with Crippen molar-refractivity contribution in [3.63, 3.8) is 0 Å². The van der Waals surface area contributed by atoms with Crippen molar-refractivity contribution >= 4 is 41.0 Å². The standard InChI is InChI=1S/C23H29ClN4O5/c24-17-9-10-18(16-12-27-13-19(29)25-23(27)26-22(16)17)33-11-5-4-8-20(30)28(14-21(31)32)15-6-2-1-3-7-15/h9-10,15H,1-8,11-14H2,(H,31,32)(H,25,26,29). The molecule has 0 atom stereocenters. The normalized spacial score (nSPS) is 17.7. The molecule has 2 aliphatic heterocycles. The maximum atomic E-state index is 12.7. The highest BCUT2D eigenvalue weighted by Crippen LogP contribution is 2.39. The van der Waals surface area contributed by atoms with E-state index in [1.807, 2.05) is 4.90 Å². The van der Waals surface area contributed by atoms with Gasteiger partial charge in [-0.25, -0.2) is 4.99 Å². The molecule has 10 heteroatoms. The number of hydrogen-bond donors (Lipinski definition) is 2. The third-order valence-corrected chi connectivity index (χ3v) is 6.63. The number of hydrogen-bond acceptors (Lipinski definition) is 6. The summed E-state index contributed by atoms with van der Waals surface area (Å²) >= 11 is 6.31. The summed E-state index contributed by atoms with van der Waals surface area (Å²) in [6.07, 6.45) is 6.58. The second-order valence-corrected chi connectivity index (χ2v) is 9.13. The first kappa shape index (κ1) is 23.4. The van der Waals surface area contributed by atoms with Crippen molar-refractivity contribution in [3.8, 4) is 5.75 Å². The molecule has 2 fully saturated rings. The van der Waals surface area contributed by atoms with E-state index in [2.05, 4.69) is 10.3 Å². The van der Waals surface area contributed by atoms with Crippen LogP contribution >= 0.6 is 11.6 Å². The van der Waals surface area contributed by atoms with Crippen molar-refractivity contribution < 1.29 is 24.2 Å². The number of rotatable bonds is 9. The highest BCUT2D eigenvalue weighted by atomic mass is 35.5. The fourth-order valence-corrected chi connectivity index (χ4v) is 4.90. The van der Waals surface area contributed by atoms with E-state index in [1.54, 1.807) is 17.0 Å². The van der Waals surface area contributed by atoms with Crippen LogP contribution in [0.3, 0.4) is 0 Å². The molecule has 2 N–H and O–H groups in total. The van der Waals surface area contributed by atoms with E-state index < -0.39 is 5.97 Å². The first-order chi connectivity index (χ1) is 15.9. The number of fused-ring (bicyclic) bond motifs is 2. The molecule has 1 saturated heterocycles. The summed E-state index contributed by atoms with van der Waals surface area (Å²) in [6.45, 7) is 0.914. The van der Waals surface area contributed by atoms with Crippen LogP contribution < -0.4 is 10.1 Å². The van der Waals surface area contributed by atoms with Crippen molar-refractivity contribution in [2.75, 3.05) is 19.7 Å². The van der Waals surface area contributed by atoms with Crippen LogP contribution in [0.15, 0.2) is 17.1 Å². The van der Waals surface area contributed by atoms with Crippen LogP contribution in [0, 0.1) is 0 Å². The topological polar surface area (TPSA) is 112 Å². The Kier molecular flexibility index (Phi) is 7.37. The molecular weight excluding hydrogens is 448 g/mol. The summed E-state index contributed by atoms with van der Waals surface area (Å²) in [7, 11) is 0. The largest absolute Gasteiger partial charge is 0.493 e. The molecule has 0 radical (unpaired) electrons. The van der Waals surface area contributed by atoms with E-state index in [9.17, 15) is 19.5 Å². The molecule has 1 saturated carbocycles. The molecule has 178 valence electrons. The van der Waals surface area contributed by atoms with Gasteiger partial charge in [0.1, 0.15) is 18.8 Å². The Hall–Kier alpha value is -2.81. The summed E-state index contributed by atoms with van der Waals surface area (Å²) in [4.78, 5) is 43.5. The smallest absolute Gasteiger partial charge is 0.323 e. The van der Waals surface area contributed by atoms with Gasteiger partial charge in [-0.05, 0) is 37.8 Å². The highest BCUT2D eigenvalue weighted by Gasteiger charge is 2.31. The molecular formula is C23H29ClN4O5. The molecule has 1 aliphatic carbocycles. The molecule has 0 bridgehead atoms. The molecule has 1 aromatic rings. The quantitative estimate of drug-likeness (QED) is 0.530. The van der Waals surface area contributed by atoms with Gasteiger partial charge in [-0.1, -0.05) is 30.9 Å². The van der Waals surface area contributed by atoms with Gasteiger partial charge < -0.3 is 19.6 Å². The van der Waals surface area contributed by atoms with Crippen LogP contribution in [0.1, 0.15) is 56.9 Å². The lowest BCUT2D eigenvalue weighted by atomic mass is 9.94. The summed E-state index contributed by atoms with van der Waals surface area (Å²) in [5.74, 6) is 0.00763. The molecule has 1 aromatic carbocycles. The Morgan fingerprint density at radius 1 is 1.21 bits per heavy atom. The van der Waals surface area contributed by atoms with Crippen molar-refractivity contribution in [3.05, 3.63) is 22.7 Å². The first-order valence-corrected chi connectivity index (χ1v) is 11.9. The van der Waals surface area contributed by atoms with Crippen LogP contribution in [-0.4, -0.2) is 64.4 Å². The molecule has 3 aliphatic rings. The number of nitrogens with one attached hydrogen (secondary N) is 1. The van der Waals surface area contributed by atoms with Gasteiger partial charge >= 0.3 is 5.97 Å². The van der Waals surface area contributed by atoms with Crippen LogP contribution in [0.25, 0.3) is 0 Å². The minimum absolute atomic E-state index is 0.0385. The summed E-state index contributed by atoms with van der Waals surface area (Å²) in [6, 6.07) is 3.57. The predicted octanol–water partition coefficient (Wildman–Crippen LogP) is 3.07. The molecule has 0 unspecified atom stereocenters. The van der Waals surface area contributed by atoms with E-state index in [1.165, 1.54) is 0 Å². The molecule has 9 nitrogen and oxygen atoms in total. The average Bonchev–Trinajstić information content (AvgIpc) is 3.17. The number of carbonyl (C=O) groups is 3. The molecule has 0 spiro atoms. The lowest BCUT2D eigenvalue weighted by molar-refractivity contribution is -0.146. The van der Waals surface area contributed by atoms with Crippen LogP contribution in [0.2, 0.25) is 5.02 Å². The Labute approximate surface area is 197 Å². The number of carboxylic acid groups (broad SMARTS) is 1. The van der Waals surface area contributed by atoms with Gasteiger partial charge in [0.25, 0.3) is 0 Å². The maximum absolute atomic E-state index is 12.7. The number of carbonyl (C=O) groups excluding carboxylic acids is 2. The molecule has 2 heterocycles. The molecule has 0 aromatic heterocycles. The highest BCUT2D eigenvalue weighted by molar-refractivity contribution is 6.33. The first-order valence-electron chi connectivity index (χ1n) is 11.5. The van der Waals surface area contributed by atoms with E-state index in [0.717, 1.165) is 37.7 Å². The number of aliphatic carboxylic acids is 1. The van der Waals surface area contributed by atoms with Gasteiger partial charge in [0.05, 0.1) is 23.9 Å². The SMILES string of the molecule is O=C(O)CN(C(=O)CCCCOc1ccc(Cl)c2c1CN1CC(=O)NC1=N2)C1CCCCC1. The third-order valence-electron chi connectivity index (χ3n) is 6.33.